The number of dihydropyridines is 1. The van der Waals surface area contributed by atoms with Crippen LogP contribution in [0, 0.1) is 11.3 Å². The molecule has 0 radical (unpaired) electrons. The van der Waals surface area contributed by atoms with Crippen molar-refractivity contribution in [3.05, 3.63) is 112 Å². The lowest BCUT2D eigenvalue weighted by Crippen LogP contribution is -2.22. The molecule has 5 nitrogen and oxygen atoms in total. The highest BCUT2D eigenvalue weighted by Crippen LogP contribution is 2.53. The molecular formula is C41H51ClN2O3S. The molecule has 4 aliphatic rings. The SMILES string of the molecule is CC(C)(O)c1ccccc1CC[C@H](SCC1(CC(=O)O)CC1)c1cccc(/C=C/C2=NC3=CC(Cl)=CCC3C=C2)c1.NC1CCCCC1. The normalized spacial score (nSPS) is 20.9. The lowest BCUT2D eigenvalue weighted by Gasteiger charge is -2.24. The molecule has 2 aromatic rings. The molecule has 2 aromatic carbocycles. The molecule has 2 fully saturated rings. The molecule has 0 spiro atoms. The monoisotopic (exact) mass is 686 g/mol. The summed E-state index contributed by atoms with van der Waals surface area (Å²) in [4.78, 5) is 16.3. The topological polar surface area (TPSA) is 95.9 Å². The Kier molecular flexibility index (Phi) is 12.6. The van der Waals surface area contributed by atoms with Gasteiger partial charge in [0.2, 0.25) is 0 Å². The summed E-state index contributed by atoms with van der Waals surface area (Å²) in [6.45, 7) is 3.66. The fourth-order valence-electron chi connectivity index (χ4n) is 6.75. The second-order valence-electron chi connectivity index (χ2n) is 14.4. The molecule has 1 unspecified atom stereocenters. The van der Waals surface area contributed by atoms with Gasteiger partial charge in [-0.25, -0.2) is 0 Å². The van der Waals surface area contributed by atoms with E-state index < -0.39 is 11.6 Å². The number of carboxylic acid groups (broad SMARTS) is 1. The summed E-state index contributed by atoms with van der Waals surface area (Å²) in [6, 6.07) is 17.3. The van der Waals surface area contributed by atoms with Crippen LogP contribution in [0.15, 0.2) is 94.6 Å². The van der Waals surface area contributed by atoms with Gasteiger partial charge in [-0.05, 0) is 105 Å². The predicted octanol–water partition coefficient (Wildman–Crippen LogP) is 9.90. The van der Waals surface area contributed by atoms with Gasteiger partial charge in [-0.1, -0.05) is 97.6 Å². The molecule has 0 amide bonds. The van der Waals surface area contributed by atoms with Gasteiger partial charge in [-0.15, -0.1) is 0 Å². The molecule has 2 saturated carbocycles. The van der Waals surface area contributed by atoms with Crippen LogP contribution in [0.2, 0.25) is 0 Å². The highest BCUT2D eigenvalue weighted by molar-refractivity contribution is 7.99. The van der Waals surface area contributed by atoms with E-state index in [9.17, 15) is 15.0 Å². The number of rotatable bonds is 12. The van der Waals surface area contributed by atoms with Gasteiger partial charge in [0.05, 0.1) is 17.7 Å². The van der Waals surface area contributed by atoms with Crippen LogP contribution in [0.3, 0.4) is 0 Å². The third-order valence-corrected chi connectivity index (χ3v) is 11.7. The molecule has 1 aliphatic heterocycles. The van der Waals surface area contributed by atoms with Crippen LogP contribution < -0.4 is 5.73 Å². The Bertz CT molecular complexity index is 1570. The number of hydrogen-bond donors (Lipinski definition) is 3. The minimum absolute atomic E-state index is 0.0769. The zero-order chi connectivity index (χ0) is 34.1. The second kappa shape index (κ2) is 16.7. The molecule has 0 bridgehead atoms. The van der Waals surface area contributed by atoms with Crippen molar-refractivity contribution in [1.82, 2.24) is 0 Å². The number of aliphatic imine (C=N–C) groups is 1. The Morgan fingerprint density at radius 1 is 1.12 bits per heavy atom. The van der Waals surface area contributed by atoms with Crippen LogP contribution in [0.4, 0.5) is 0 Å². The first-order valence-corrected chi connectivity index (χ1v) is 18.9. The summed E-state index contributed by atoms with van der Waals surface area (Å²) < 4.78 is 0. The van der Waals surface area contributed by atoms with Crippen LogP contribution >= 0.6 is 23.4 Å². The van der Waals surface area contributed by atoms with Crippen LogP contribution in [-0.2, 0) is 16.8 Å². The number of nitrogens with two attached hydrogens (primary N) is 1. The van der Waals surface area contributed by atoms with E-state index in [2.05, 4.69) is 48.6 Å². The first-order chi connectivity index (χ1) is 23.0. The van der Waals surface area contributed by atoms with E-state index in [1.54, 1.807) is 0 Å². The van der Waals surface area contributed by atoms with Crippen LogP contribution in [-0.4, -0.2) is 33.7 Å². The Balaban J connectivity index is 0.000000572. The Morgan fingerprint density at radius 2 is 1.90 bits per heavy atom. The second-order valence-corrected chi connectivity index (χ2v) is 16.1. The van der Waals surface area contributed by atoms with E-state index >= 15 is 0 Å². The molecule has 4 N–H and O–H groups in total. The molecule has 1 heterocycles. The molecule has 256 valence electrons. The molecule has 0 aromatic heterocycles. The third kappa shape index (κ3) is 10.8. The van der Waals surface area contributed by atoms with Gasteiger partial charge in [-0.2, -0.15) is 11.8 Å². The van der Waals surface area contributed by atoms with Gasteiger partial charge in [0.15, 0.2) is 0 Å². The van der Waals surface area contributed by atoms with Crippen molar-refractivity contribution in [2.75, 3.05) is 5.75 Å². The Morgan fingerprint density at radius 3 is 2.58 bits per heavy atom. The fourth-order valence-corrected chi connectivity index (χ4v) is 8.52. The quantitative estimate of drug-likeness (QED) is 0.207. The lowest BCUT2D eigenvalue weighted by atomic mass is 9.90. The summed E-state index contributed by atoms with van der Waals surface area (Å²) in [6.07, 6.45) is 23.9. The van der Waals surface area contributed by atoms with Crippen LogP contribution in [0.1, 0.15) is 106 Å². The molecule has 0 saturated heterocycles. The van der Waals surface area contributed by atoms with Gasteiger partial charge < -0.3 is 15.9 Å². The molecule has 3 aliphatic carbocycles. The zero-order valence-electron chi connectivity index (χ0n) is 28.4. The van der Waals surface area contributed by atoms with Crippen LogP contribution in [0.5, 0.6) is 0 Å². The molecule has 2 atom stereocenters. The van der Waals surface area contributed by atoms with Crippen molar-refractivity contribution in [2.24, 2.45) is 22.1 Å². The molecule has 48 heavy (non-hydrogen) atoms. The standard InChI is InChI=1S/C35H38ClNO3S.C6H13N/c1-34(2,40)30-9-4-3-7-25(30)13-17-32(41-23-35(18-19-35)22-33(38)39)27-8-5-6-24(20-27)10-15-29-16-12-26-11-14-28(36)21-31(26)37-29;7-6-4-2-1-3-5-6/h3-10,12,14-16,20-21,26,32,40H,11,13,17-19,22-23H2,1-2H3,(H,38,39);6H,1-5,7H2/b15-10+;/t26?,32-;/m0./s1. The highest BCUT2D eigenvalue weighted by atomic mass is 35.5. The summed E-state index contributed by atoms with van der Waals surface area (Å²) in [5.74, 6) is 0.429. The number of aliphatic carboxylic acids is 1. The fraction of sp³-hybridized carbons (Fsp3) is 0.463. The van der Waals surface area contributed by atoms with Crippen molar-refractivity contribution in [2.45, 2.75) is 101 Å². The minimum atomic E-state index is -0.908. The van der Waals surface area contributed by atoms with E-state index in [-0.39, 0.29) is 17.1 Å². The number of hydrogen-bond acceptors (Lipinski definition) is 5. The number of carbonyl (C=O) groups is 1. The molecule has 7 heteroatoms. The van der Waals surface area contributed by atoms with Gasteiger partial charge in [-0.3, -0.25) is 9.79 Å². The van der Waals surface area contributed by atoms with E-state index in [1.165, 1.54) is 37.7 Å². The van der Waals surface area contributed by atoms with Gasteiger partial charge in [0.25, 0.3) is 0 Å². The number of carboxylic acids is 1. The first-order valence-electron chi connectivity index (χ1n) is 17.5. The van der Waals surface area contributed by atoms with E-state index in [0.717, 1.165) is 71.0 Å². The number of nitrogens with zero attached hydrogens (tertiary/aromatic N) is 1. The Hall–Kier alpha value is -2.90. The first kappa shape index (κ1) is 36.4. The zero-order valence-corrected chi connectivity index (χ0v) is 30.0. The average Bonchev–Trinajstić information content (AvgIpc) is 3.82. The Labute approximate surface area is 296 Å². The van der Waals surface area contributed by atoms with Gasteiger partial charge in [0, 0.05) is 33.7 Å². The average molecular weight is 687 g/mol. The smallest absolute Gasteiger partial charge is 0.303 e. The number of aryl methyl sites for hydroxylation is 1. The van der Waals surface area contributed by atoms with Gasteiger partial charge in [0.1, 0.15) is 0 Å². The molecule has 6 rings (SSSR count). The maximum atomic E-state index is 11.5. The van der Waals surface area contributed by atoms with Crippen molar-refractivity contribution in [1.29, 1.82) is 0 Å². The van der Waals surface area contributed by atoms with Crippen molar-refractivity contribution < 1.29 is 15.0 Å². The van der Waals surface area contributed by atoms with E-state index in [0.29, 0.717) is 12.0 Å². The van der Waals surface area contributed by atoms with Gasteiger partial charge >= 0.3 is 5.97 Å². The minimum Gasteiger partial charge on any atom is -0.481 e. The highest BCUT2D eigenvalue weighted by Gasteiger charge is 2.44. The molecular weight excluding hydrogens is 636 g/mol. The lowest BCUT2D eigenvalue weighted by molar-refractivity contribution is -0.138. The van der Waals surface area contributed by atoms with E-state index in [4.69, 9.17) is 22.3 Å². The number of fused-ring (bicyclic) bond motifs is 1. The van der Waals surface area contributed by atoms with Crippen molar-refractivity contribution in [3.8, 4) is 0 Å². The van der Waals surface area contributed by atoms with Crippen molar-refractivity contribution >= 4 is 41.1 Å². The number of aliphatic hydroxyl groups is 1. The van der Waals surface area contributed by atoms with Crippen LogP contribution in [0.25, 0.3) is 6.08 Å². The number of halogens is 1. The summed E-state index contributed by atoms with van der Waals surface area (Å²) in [5.41, 5.74) is 11.0. The summed E-state index contributed by atoms with van der Waals surface area (Å²) in [5, 5.41) is 21.1. The number of benzene rings is 2. The maximum Gasteiger partial charge on any atom is 0.303 e. The third-order valence-electron chi connectivity index (χ3n) is 9.80. The van der Waals surface area contributed by atoms with Crippen molar-refractivity contribution in [3.63, 3.8) is 0 Å². The maximum absolute atomic E-state index is 11.5. The summed E-state index contributed by atoms with van der Waals surface area (Å²) >= 11 is 8.09. The predicted molar refractivity (Wildman–Crippen MR) is 202 cm³/mol. The number of thioether (sulfide) groups is 1. The summed E-state index contributed by atoms with van der Waals surface area (Å²) in [7, 11) is 0. The number of allylic oxidation sites excluding steroid dienone is 6. The van der Waals surface area contributed by atoms with E-state index in [1.807, 2.05) is 62.0 Å². The largest absolute Gasteiger partial charge is 0.481 e.